The largest absolute Gasteiger partial charge is 0.444 e. The fourth-order valence-corrected chi connectivity index (χ4v) is 3.37. The first-order valence-electron chi connectivity index (χ1n) is 10.9. The van der Waals surface area contributed by atoms with E-state index in [-0.39, 0.29) is 18.4 Å². The highest BCUT2D eigenvalue weighted by atomic mass is 16.6. The third-order valence-electron chi connectivity index (χ3n) is 4.77. The molecule has 172 valence electrons. The molecule has 3 rings (SSSR count). The molecule has 1 aromatic heterocycles. The van der Waals surface area contributed by atoms with Gasteiger partial charge in [0.25, 0.3) is 0 Å². The van der Waals surface area contributed by atoms with Crippen LogP contribution >= 0.6 is 0 Å². The van der Waals surface area contributed by atoms with Gasteiger partial charge in [0.05, 0.1) is 24.6 Å². The van der Waals surface area contributed by atoms with Crippen molar-refractivity contribution in [1.82, 2.24) is 10.3 Å². The summed E-state index contributed by atoms with van der Waals surface area (Å²) in [6.07, 6.45) is 2.74. The van der Waals surface area contributed by atoms with Crippen molar-refractivity contribution in [3.63, 3.8) is 0 Å². The van der Waals surface area contributed by atoms with E-state index >= 15 is 0 Å². The van der Waals surface area contributed by atoms with Crippen LogP contribution in [-0.2, 0) is 20.9 Å². The maximum absolute atomic E-state index is 12.1. The van der Waals surface area contributed by atoms with Crippen LogP contribution in [0.25, 0.3) is 0 Å². The molecule has 0 spiro atoms. The van der Waals surface area contributed by atoms with E-state index in [0.29, 0.717) is 31.1 Å². The lowest BCUT2D eigenvalue weighted by Crippen LogP contribution is -2.33. The Morgan fingerprint density at radius 3 is 2.72 bits per heavy atom. The number of benzene rings is 1. The van der Waals surface area contributed by atoms with Gasteiger partial charge in [0.1, 0.15) is 11.4 Å². The lowest BCUT2D eigenvalue weighted by Gasteiger charge is -2.19. The number of rotatable bonds is 8. The molecule has 0 saturated carbocycles. The van der Waals surface area contributed by atoms with Crippen molar-refractivity contribution in [3.05, 3.63) is 47.7 Å². The van der Waals surface area contributed by atoms with Crippen molar-refractivity contribution in [2.24, 2.45) is 0 Å². The Morgan fingerprint density at radius 1 is 1.22 bits per heavy atom. The highest BCUT2D eigenvalue weighted by Crippen LogP contribution is 2.40. The molecule has 2 heterocycles. The number of nitrogens with zero attached hydrogens (tertiary/aromatic N) is 1. The average Bonchev–Trinajstić information content (AvgIpc) is 3.16. The second-order valence-electron chi connectivity index (χ2n) is 8.60. The SMILES string of the molecule is CCC1OCc2cccc(Oc3ccc(NC(=O)CCCNC(=O)OC(C)(C)C)cn3)c21. The maximum atomic E-state index is 12.1. The van der Waals surface area contributed by atoms with Gasteiger partial charge in [0.2, 0.25) is 11.8 Å². The standard InChI is InChI=1S/C24H31N3O5/c1-5-18-22-16(15-30-18)8-6-9-19(22)31-21-12-11-17(14-26-21)27-20(28)10-7-13-25-23(29)32-24(2,3)4/h6,8-9,11-12,14,18H,5,7,10,13,15H2,1-4H3,(H,25,29)(H,27,28). The monoisotopic (exact) mass is 441 g/mol. The number of amides is 2. The first-order valence-corrected chi connectivity index (χ1v) is 10.9. The third-order valence-corrected chi connectivity index (χ3v) is 4.77. The minimum atomic E-state index is -0.545. The summed E-state index contributed by atoms with van der Waals surface area (Å²) in [6.45, 7) is 8.43. The number of carbonyl (C=O) groups is 2. The second kappa shape index (κ2) is 10.5. The average molecular weight is 442 g/mol. The minimum Gasteiger partial charge on any atom is -0.444 e. The lowest BCUT2D eigenvalue weighted by atomic mass is 10.0. The van der Waals surface area contributed by atoms with Crippen LogP contribution in [0.2, 0.25) is 0 Å². The quantitative estimate of drug-likeness (QED) is 0.553. The first kappa shape index (κ1) is 23.5. The van der Waals surface area contributed by atoms with Gasteiger partial charge < -0.3 is 24.8 Å². The van der Waals surface area contributed by atoms with Gasteiger partial charge >= 0.3 is 6.09 Å². The zero-order valence-electron chi connectivity index (χ0n) is 19.1. The molecule has 0 aliphatic carbocycles. The molecule has 2 amide bonds. The van der Waals surface area contributed by atoms with Crippen LogP contribution in [-0.4, -0.2) is 29.1 Å². The zero-order chi connectivity index (χ0) is 23.1. The van der Waals surface area contributed by atoms with Gasteiger partial charge in [0, 0.05) is 24.6 Å². The van der Waals surface area contributed by atoms with E-state index in [1.165, 1.54) is 0 Å². The predicted octanol–water partition coefficient (Wildman–Crippen LogP) is 5.10. The van der Waals surface area contributed by atoms with Crippen molar-refractivity contribution in [2.45, 2.75) is 65.3 Å². The summed E-state index contributed by atoms with van der Waals surface area (Å²) in [5.74, 6) is 1.03. The molecular weight excluding hydrogens is 410 g/mol. The fourth-order valence-electron chi connectivity index (χ4n) is 3.37. The molecule has 0 bridgehead atoms. The number of hydrogen-bond donors (Lipinski definition) is 2. The van der Waals surface area contributed by atoms with Crippen molar-refractivity contribution in [2.75, 3.05) is 11.9 Å². The summed E-state index contributed by atoms with van der Waals surface area (Å²) < 4.78 is 17.0. The first-order chi connectivity index (χ1) is 15.2. The number of pyridine rings is 1. The van der Waals surface area contributed by atoms with Crippen LogP contribution in [0.5, 0.6) is 11.6 Å². The summed E-state index contributed by atoms with van der Waals surface area (Å²) in [6, 6.07) is 9.37. The van der Waals surface area contributed by atoms with Gasteiger partial charge in [-0.2, -0.15) is 0 Å². The van der Waals surface area contributed by atoms with Gasteiger partial charge in [0.15, 0.2) is 0 Å². The molecule has 8 nitrogen and oxygen atoms in total. The minimum absolute atomic E-state index is 0.0320. The van der Waals surface area contributed by atoms with E-state index in [0.717, 1.165) is 23.3 Å². The van der Waals surface area contributed by atoms with E-state index in [9.17, 15) is 9.59 Å². The zero-order valence-corrected chi connectivity index (χ0v) is 19.1. The Morgan fingerprint density at radius 2 is 2.03 bits per heavy atom. The number of alkyl carbamates (subject to hydrolysis) is 1. The van der Waals surface area contributed by atoms with E-state index in [4.69, 9.17) is 14.2 Å². The molecule has 0 saturated heterocycles. The molecule has 8 heteroatoms. The molecular formula is C24H31N3O5. The molecule has 1 aliphatic heterocycles. The molecule has 0 radical (unpaired) electrons. The molecule has 2 aromatic rings. The highest BCUT2D eigenvalue weighted by molar-refractivity contribution is 5.90. The topological polar surface area (TPSA) is 98.8 Å². The van der Waals surface area contributed by atoms with Gasteiger partial charge in [-0.1, -0.05) is 19.1 Å². The number of carbonyl (C=O) groups excluding carboxylic acids is 2. The van der Waals surface area contributed by atoms with Crippen molar-refractivity contribution in [1.29, 1.82) is 0 Å². The second-order valence-corrected chi connectivity index (χ2v) is 8.60. The Hall–Kier alpha value is -3.13. The summed E-state index contributed by atoms with van der Waals surface area (Å²) in [5, 5.41) is 5.43. The molecule has 1 aliphatic rings. The van der Waals surface area contributed by atoms with Crippen LogP contribution in [0.15, 0.2) is 36.5 Å². The predicted molar refractivity (Wildman–Crippen MR) is 121 cm³/mol. The van der Waals surface area contributed by atoms with Crippen LogP contribution < -0.4 is 15.4 Å². The normalized spacial score (nSPS) is 15.1. The lowest BCUT2D eigenvalue weighted by molar-refractivity contribution is -0.116. The summed E-state index contributed by atoms with van der Waals surface area (Å²) in [7, 11) is 0. The summed E-state index contributed by atoms with van der Waals surface area (Å²) >= 11 is 0. The molecule has 1 unspecified atom stereocenters. The number of hydrogen-bond acceptors (Lipinski definition) is 6. The van der Waals surface area contributed by atoms with E-state index < -0.39 is 11.7 Å². The summed E-state index contributed by atoms with van der Waals surface area (Å²) in [4.78, 5) is 28.0. The van der Waals surface area contributed by atoms with E-state index in [2.05, 4.69) is 22.5 Å². The van der Waals surface area contributed by atoms with Crippen LogP contribution in [0, 0.1) is 0 Å². The fraction of sp³-hybridized carbons (Fsp3) is 0.458. The van der Waals surface area contributed by atoms with Gasteiger partial charge in [-0.3, -0.25) is 4.79 Å². The van der Waals surface area contributed by atoms with Gasteiger partial charge in [-0.15, -0.1) is 0 Å². The number of anilines is 1. The number of aromatic nitrogens is 1. The van der Waals surface area contributed by atoms with Crippen LogP contribution in [0.3, 0.4) is 0 Å². The number of nitrogens with one attached hydrogen (secondary N) is 2. The van der Waals surface area contributed by atoms with E-state index in [1.807, 2.05) is 18.2 Å². The Balaban J connectivity index is 1.46. The highest BCUT2D eigenvalue weighted by Gasteiger charge is 2.26. The third kappa shape index (κ3) is 6.68. The van der Waals surface area contributed by atoms with E-state index in [1.54, 1.807) is 39.1 Å². The molecule has 1 atom stereocenters. The summed E-state index contributed by atoms with van der Waals surface area (Å²) in [5.41, 5.74) is 2.25. The molecule has 1 aromatic carbocycles. The van der Waals surface area contributed by atoms with Crippen LogP contribution in [0.1, 0.15) is 64.2 Å². The smallest absolute Gasteiger partial charge is 0.407 e. The molecule has 32 heavy (non-hydrogen) atoms. The Labute approximate surface area is 188 Å². The van der Waals surface area contributed by atoms with Crippen molar-refractivity contribution in [3.8, 4) is 11.6 Å². The van der Waals surface area contributed by atoms with Gasteiger partial charge in [-0.25, -0.2) is 9.78 Å². The molecule has 2 N–H and O–H groups in total. The van der Waals surface area contributed by atoms with Crippen LogP contribution in [0.4, 0.5) is 10.5 Å². The van der Waals surface area contributed by atoms with Crippen molar-refractivity contribution >= 4 is 17.7 Å². The van der Waals surface area contributed by atoms with Gasteiger partial charge in [-0.05, 0) is 51.3 Å². The Bertz CT molecular complexity index is 938. The van der Waals surface area contributed by atoms with Crippen molar-refractivity contribution < 1.29 is 23.8 Å². The Kier molecular flexibility index (Phi) is 7.69. The number of ether oxygens (including phenoxy) is 3. The number of fused-ring (bicyclic) bond motifs is 1. The maximum Gasteiger partial charge on any atom is 0.407 e. The molecule has 0 fully saturated rings.